The molecule has 2 rings (SSSR count). The van der Waals surface area contributed by atoms with E-state index in [4.69, 9.17) is 10.00 Å². The topological polar surface area (TPSA) is 49.1 Å². The Morgan fingerprint density at radius 3 is 2.89 bits per heavy atom. The summed E-state index contributed by atoms with van der Waals surface area (Å²) in [7, 11) is 3.63. The zero-order valence-electron chi connectivity index (χ0n) is 11.0. The number of hydrogen-bond acceptors (Lipinski definition) is 5. The van der Waals surface area contributed by atoms with Crippen LogP contribution in [0.25, 0.3) is 0 Å². The van der Waals surface area contributed by atoms with E-state index in [0.717, 1.165) is 24.3 Å². The van der Waals surface area contributed by atoms with E-state index < -0.39 is 0 Å². The van der Waals surface area contributed by atoms with Crippen molar-refractivity contribution in [2.75, 3.05) is 14.2 Å². The average Bonchev–Trinajstić information content (AvgIpc) is 2.91. The smallest absolute Gasteiger partial charge is 0.136 e. The zero-order chi connectivity index (χ0) is 13.7. The van der Waals surface area contributed by atoms with Crippen LogP contribution in [0.2, 0.25) is 0 Å². The molecule has 0 unspecified atom stereocenters. The number of nitrogens with zero attached hydrogens (tertiary/aromatic N) is 3. The number of benzene rings is 1. The summed E-state index contributed by atoms with van der Waals surface area (Å²) in [4.78, 5) is 6.44. The van der Waals surface area contributed by atoms with Gasteiger partial charge in [-0.15, -0.1) is 11.3 Å². The van der Waals surface area contributed by atoms with Gasteiger partial charge in [0.25, 0.3) is 0 Å². The number of thiazole rings is 1. The third kappa shape index (κ3) is 3.53. The fourth-order valence-corrected chi connectivity index (χ4v) is 2.44. The van der Waals surface area contributed by atoms with Crippen LogP contribution in [0, 0.1) is 11.3 Å². The summed E-state index contributed by atoms with van der Waals surface area (Å²) in [5.74, 6) is 0.627. The van der Waals surface area contributed by atoms with E-state index >= 15 is 0 Å². The molecule has 0 saturated carbocycles. The SMILES string of the molecule is COc1cc(CN(C)Cc2cscn2)ccc1C#N. The predicted octanol–water partition coefficient (Wildman–Crippen LogP) is 2.66. The van der Waals surface area contributed by atoms with E-state index in [1.54, 1.807) is 24.5 Å². The molecule has 19 heavy (non-hydrogen) atoms. The van der Waals surface area contributed by atoms with Crippen LogP contribution in [0.4, 0.5) is 0 Å². The van der Waals surface area contributed by atoms with Gasteiger partial charge in [-0.25, -0.2) is 4.98 Å². The van der Waals surface area contributed by atoms with Crippen LogP contribution in [-0.4, -0.2) is 24.0 Å². The Labute approximate surface area is 116 Å². The van der Waals surface area contributed by atoms with E-state index in [1.165, 1.54) is 0 Å². The van der Waals surface area contributed by atoms with Crippen molar-refractivity contribution in [2.45, 2.75) is 13.1 Å². The van der Waals surface area contributed by atoms with Crippen LogP contribution in [0.15, 0.2) is 29.1 Å². The van der Waals surface area contributed by atoms with Crippen LogP contribution < -0.4 is 4.74 Å². The monoisotopic (exact) mass is 273 g/mol. The number of ether oxygens (including phenoxy) is 1. The lowest BCUT2D eigenvalue weighted by Crippen LogP contribution is -2.17. The molecular weight excluding hydrogens is 258 g/mol. The van der Waals surface area contributed by atoms with Crippen molar-refractivity contribution in [3.63, 3.8) is 0 Å². The maximum atomic E-state index is 8.95. The number of hydrogen-bond donors (Lipinski definition) is 0. The number of aromatic nitrogens is 1. The van der Waals surface area contributed by atoms with Gasteiger partial charge in [-0.05, 0) is 24.7 Å². The number of rotatable bonds is 5. The molecule has 0 aliphatic heterocycles. The molecule has 0 N–H and O–H groups in total. The Hall–Kier alpha value is -1.90. The molecule has 0 amide bonds. The summed E-state index contributed by atoms with van der Waals surface area (Å²) in [6, 6.07) is 7.78. The predicted molar refractivity (Wildman–Crippen MR) is 75.0 cm³/mol. The highest BCUT2D eigenvalue weighted by molar-refractivity contribution is 7.07. The normalized spacial score (nSPS) is 10.4. The van der Waals surface area contributed by atoms with Gasteiger partial charge in [0.15, 0.2) is 0 Å². The molecule has 0 aliphatic carbocycles. The van der Waals surface area contributed by atoms with Gasteiger partial charge < -0.3 is 4.74 Å². The molecule has 98 valence electrons. The van der Waals surface area contributed by atoms with E-state index in [2.05, 4.69) is 21.3 Å². The van der Waals surface area contributed by atoms with Gasteiger partial charge in [-0.3, -0.25) is 4.90 Å². The molecule has 0 bridgehead atoms. The maximum Gasteiger partial charge on any atom is 0.136 e. The van der Waals surface area contributed by atoms with Gasteiger partial charge in [-0.2, -0.15) is 5.26 Å². The van der Waals surface area contributed by atoms with Crippen molar-refractivity contribution >= 4 is 11.3 Å². The second-order valence-corrected chi connectivity index (χ2v) is 5.02. The van der Waals surface area contributed by atoms with Crippen LogP contribution >= 0.6 is 11.3 Å². The second-order valence-electron chi connectivity index (χ2n) is 4.30. The Morgan fingerprint density at radius 1 is 1.42 bits per heavy atom. The fourth-order valence-electron chi connectivity index (χ4n) is 1.89. The van der Waals surface area contributed by atoms with Gasteiger partial charge in [0.2, 0.25) is 0 Å². The molecule has 4 nitrogen and oxygen atoms in total. The highest BCUT2D eigenvalue weighted by atomic mass is 32.1. The van der Waals surface area contributed by atoms with E-state index in [9.17, 15) is 0 Å². The minimum absolute atomic E-state index is 0.563. The maximum absolute atomic E-state index is 8.95. The summed E-state index contributed by atoms with van der Waals surface area (Å²) in [6.07, 6.45) is 0. The molecule has 0 saturated heterocycles. The molecule has 0 aliphatic rings. The first-order valence-corrected chi connectivity index (χ1v) is 6.80. The van der Waals surface area contributed by atoms with Crippen molar-refractivity contribution < 1.29 is 4.74 Å². The highest BCUT2D eigenvalue weighted by Crippen LogP contribution is 2.20. The Morgan fingerprint density at radius 2 is 2.26 bits per heavy atom. The molecule has 0 radical (unpaired) electrons. The molecule has 2 aromatic rings. The van der Waals surface area contributed by atoms with Crippen molar-refractivity contribution in [3.8, 4) is 11.8 Å². The minimum Gasteiger partial charge on any atom is -0.495 e. The summed E-state index contributed by atoms with van der Waals surface area (Å²) in [5.41, 5.74) is 4.60. The Balaban J connectivity index is 2.04. The minimum atomic E-state index is 0.563. The van der Waals surface area contributed by atoms with Crippen molar-refractivity contribution in [1.82, 2.24) is 9.88 Å². The van der Waals surface area contributed by atoms with E-state index in [0.29, 0.717) is 11.3 Å². The third-order valence-corrected chi connectivity index (χ3v) is 3.39. The summed E-state index contributed by atoms with van der Waals surface area (Å²) in [5, 5.41) is 11.0. The van der Waals surface area contributed by atoms with Crippen molar-refractivity contribution in [1.29, 1.82) is 5.26 Å². The Bertz CT molecular complexity index is 575. The lowest BCUT2D eigenvalue weighted by molar-refractivity contribution is 0.315. The van der Waals surface area contributed by atoms with Gasteiger partial charge in [0.1, 0.15) is 11.8 Å². The second kappa shape index (κ2) is 6.32. The van der Waals surface area contributed by atoms with Gasteiger partial charge in [0.05, 0.1) is 23.9 Å². The molecule has 0 atom stereocenters. The molecule has 1 heterocycles. The van der Waals surface area contributed by atoms with Crippen LogP contribution in [-0.2, 0) is 13.1 Å². The molecule has 1 aromatic carbocycles. The lowest BCUT2D eigenvalue weighted by atomic mass is 10.1. The first-order valence-electron chi connectivity index (χ1n) is 5.85. The van der Waals surface area contributed by atoms with Gasteiger partial charge in [-0.1, -0.05) is 6.07 Å². The molecule has 1 aromatic heterocycles. The summed E-state index contributed by atoms with van der Waals surface area (Å²) in [6.45, 7) is 1.60. The molecule has 0 fully saturated rings. The highest BCUT2D eigenvalue weighted by Gasteiger charge is 2.07. The summed E-state index contributed by atoms with van der Waals surface area (Å²) < 4.78 is 5.21. The number of nitriles is 1. The van der Waals surface area contributed by atoms with Crippen LogP contribution in [0.3, 0.4) is 0 Å². The van der Waals surface area contributed by atoms with E-state index in [-0.39, 0.29) is 0 Å². The van der Waals surface area contributed by atoms with Crippen molar-refractivity contribution in [3.05, 3.63) is 45.9 Å². The number of methoxy groups -OCH3 is 1. The first-order chi connectivity index (χ1) is 9.22. The quantitative estimate of drug-likeness (QED) is 0.840. The molecule has 0 spiro atoms. The fraction of sp³-hybridized carbons (Fsp3) is 0.286. The largest absolute Gasteiger partial charge is 0.495 e. The molecule has 5 heteroatoms. The third-order valence-electron chi connectivity index (χ3n) is 2.75. The zero-order valence-corrected chi connectivity index (χ0v) is 11.8. The van der Waals surface area contributed by atoms with E-state index in [1.807, 2.05) is 24.7 Å². The molecular formula is C14H15N3OS. The van der Waals surface area contributed by atoms with Gasteiger partial charge >= 0.3 is 0 Å². The Kier molecular flexibility index (Phi) is 4.50. The van der Waals surface area contributed by atoms with Crippen LogP contribution in [0.5, 0.6) is 5.75 Å². The lowest BCUT2D eigenvalue weighted by Gasteiger charge is -2.16. The first kappa shape index (κ1) is 13.5. The van der Waals surface area contributed by atoms with Crippen LogP contribution in [0.1, 0.15) is 16.8 Å². The summed E-state index contributed by atoms with van der Waals surface area (Å²) >= 11 is 1.61. The van der Waals surface area contributed by atoms with Crippen molar-refractivity contribution in [2.24, 2.45) is 0 Å². The standard InChI is InChI=1S/C14H15N3OS/c1-17(8-13-9-19-10-16-13)7-11-3-4-12(6-15)14(5-11)18-2/h3-5,9-10H,7-8H2,1-2H3. The van der Waals surface area contributed by atoms with Gasteiger partial charge in [0, 0.05) is 18.5 Å². The average molecular weight is 273 g/mol.